The molecule has 15 heavy (non-hydrogen) atoms. The zero-order chi connectivity index (χ0) is 10.7. The molecule has 0 atom stereocenters. The molecule has 0 fully saturated rings. The van der Waals surface area contributed by atoms with Crippen molar-refractivity contribution in [1.29, 1.82) is 0 Å². The smallest absolute Gasteiger partial charge is 0.0415 e. The monoisotopic (exact) mass is 220 g/mol. The first-order chi connectivity index (χ1) is 7.31. The molecule has 78 valence electrons. The van der Waals surface area contributed by atoms with Gasteiger partial charge < -0.3 is 5.73 Å². The molecule has 0 radical (unpaired) electrons. The van der Waals surface area contributed by atoms with Crippen molar-refractivity contribution in [2.45, 2.75) is 12.8 Å². The number of hydrogen-bond acceptors (Lipinski definition) is 2. The van der Waals surface area contributed by atoms with E-state index in [0.717, 1.165) is 23.3 Å². The third kappa shape index (κ3) is 2.28. The topological polar surface area (TPSA) is 38.9 Å². The molecule has 0 unspecified atom stereocenters. The number of rotatable bonds is 3. The Morgan fingerprint density at radius 3 is 3.00 bits per heavy atom. The van der Waals surface area contributed by atoms with Gasteiger partial charge in [0.15, 0.2) is 0 Å². The molecule has 1 aromatic heterocycles. The highest BCUT2D eigenvalue weighted by Crippen LogP contribution is 2.24. The van der Waals surface area contributed by atoms with Crippen LogP contribution in [-0.2, 0) is 6.42 Å². The van der Waals surface area contributed by atoms with Crippen LogP contribution in [0.5, 0.6) is 0 Å². The van der Waals surface area contributed by atoms with E-state index in [9.17, 15) is 0 Å². The maximum absolute atomic E-state index is 6.04. The molecule has 0 saturated carbocycles. The maximum atomic E-state index is 6.04. The largest absolute Gasteiger partial charge is 0.330 e. The third-order valence-corrected chi connectivity index (χ3v) is 2.67. The standard InChI is InChI=1S/C12H13ClN2/c13-11-6-9(2-1-4-14)12-3-5-15-8-10(12)7-11/h3,5-8H,1-2,4,14H2. The van der Waals surface area contributed by atoms with E-state index in [2.05, 4.69) is 4.98 Å². The number of aromatic nitrogens is 1. The van der Waals surface area contributed by atoms with Gasteiger partial charge in [-0.2, -0.15) is 0 Å². The summed E-state index contributed by atoms with van der Waals surface area (Å²) in [5, 5.41) is 3.09. The Labute approximate surface area is 94.1 Å². The lowest BCUT2D eigenvalue weighted by Crippen LogP contribution is -2.00. The van der Waals surface area contributed by atoms with Crippen LogP contribution in [0.3, 0.4) is 0 Å². The Morgan fingerprint density at radius 2 is 2.20 bits per heavy atom. The summed E-state index contributed by atoms with van der Waals surface area (Å²) in [4.78, 5) is 4.09. The number of pyridine rings is 1. The lowest BCUT2D eigenvalue weighted by Gasteiger charge is -2.06. The summed E-state index contributed by atoms with van der Waals surface area (Å²) in [6.45, 7) is 0.707. The van der Waals surface area contributed by atoms with E-state index >= 15 is 0 Å². The minimum atomic E-state index is 0.707. The van der Waals surface area contributed by atoms with Gasteiger partial charge in [-0.3, -0.25) is 4.98 Å². The van der Waals surface area contributed by atoms with Crippen LogP contribution in [-0.4, -0.2) is 11.5 Å². The average molecular weight is 221 g/mol. The molecule has 2 rings (SSSR count). The second-order valence-corrected chi connectivity index (χ2v) is 3.99. The maximum Gasteiger partial charge on any atom is 0.0415 e. The molecule has 0 bridgehead atoms. The summed E-state index contributed by atoms with van der Waals surface area (Å²) in [6.07, 6.45) is 5.60. The highest BCUT2D eigenvalue weighted by Gasteiger charge is 2.02. The van der Waals surface area contributed by atoms with Crippen LogP contribution in [0, 0.1) is 0 Å². The summed E-state index contributed by atoms with van der Waals surface area (Å²) in [7, 11) is 0. The molecule has 2 aromatic rings. The van der Waals surface area contributed by atoms with Crippen molar-refractivity contribution < 1.29 is 0 Å². The van der Waals surface area contributed by atoms with Crippen molar-refractivity contribution >= 4 is 22.4 Å². The Bertz CT molecular complexity index is 468. The Morgan fingerprint density at radius 1 is 1.33 bits per heavy atom. The molecule has 1 heterocycles. The van der Waals surface area contributed by atoms with Crippen molar-refractivity contribution in [3.05, 3.63) is 41.2 Å². The number of halogens is 1. The fourth-order valence-corrected chi connectivity index (χ4v) is 2.00. The summed E-state index contributed by atoms with van der Waals surface area (Å²) in [5.41, 5.74) is 6.77. The van der Waals surface area contributed by atoms with Crippen LogP contribution in [0.2, 0.25) is 5.02 Å². The van der Waals surface area contributed by atoms with Gasteiger partial charge in [-0.15, -0.1) is 0 Å². The van der Waals surface area contributed by atoms with Gasteiger partial charge in [0.1, 0.15) is 0 Å². The van der Waals surface area contributed by atoms with Gasteiger partial charge in [-0.05, 0) is 48.5 Å². The van der Waals surface area contributed by atoms with Gasteiger partial charge in [0.25, 0.3) is 0 Å². The number of aryl methyl sites for hydroxylation is 1. The van der Waals surface area contributed by atoms with Crippen LogP contribution in [0.1, 0.15) is 12.0 Å². The van der Waals surface area contributed by atoms with Crippen LogP contribution in [0.4, 0.5) is 0 Å². The summed E-state index contributed by atoms with van der Waals surface area (Å²) >= 11 is 6.04. The number of hydrogen-bond donors (Lipinski definition) is 1. The first kappa shape index (κ1) is 10.4. The van der Waals surface area contributed by atoms with E-state index in [-0.39, 0.29) is 0 Å². The summed E-state index contributed by atoms with van der Waals surface area (Å²) < 4.78 is 0. The van der Waals surface area contributed by atoms with Crippen molar-refractivity contribution in [2.24, 2.45) is 5.73 Å². The number of nitrogens with two attached hydrogens (primary N) is 1. The molecule has 0 aliphatic carbocycles. The van der Waals surface area contributed by atoms with Gasteiger partial charge in [0.2, 0.25) is 0 Å². The number of fused-ring (bicyclic) bond motifs is 1. The average Bonchev–Trinajstić information content (AvgIpc) is 2.25. The zero-order valence-electron chi connectivity index (χ0n) is 8.41. The molecule has 3 heteroatoms. The van der Waals surface area contributed by atoms with Crippen molar-refractivity contribution in [3.8, 4) is 0 Å². The van der Waals surface area contributed by atoms with E-state index in [1.165, 1.54) is 10.9 Å². The number of benzene rings is 1. The molecule has 1 aromatic carbocycles. The molecule has 0 spiro atoms. The fraction of sp³-hybridized carbons (Fsp3) is 0.250. The van der Waals surface area contributed by atoms with Gasteiger partial charge in [0.05, 0.1) is 0 Å². The van der Waals surface area contributed by atoms with Crippen LogP contribution >= 0.6 is 11.6 Å². The van der Waals surface area contributed by atoms with Crippen LogP contribution < -0.4 is 5.73 Å². The Kier molecular flexibility index (Phi) is 3.19. The molecule has 0 saturated heterocycles. The van der Waals surface area contributed by atoms with Crippen LogP contribution in [0.25, 0.3) is 10.8 Å². The quantitative estimate of drug-likeness (QED) is 0.864. The number of nitrogens with zero attached hydrogens (tertiary/aromatic N) is 1. The minimum absolute atomic E-state index is 0.707. The summed E-state index contributed by atoms with van der Waals surface area (Å²) in [5.74, 6) is 0. The molecular formula is C12H13ClN2. The highest BCUT2D eigenvalue weighted by atomic mass is 35.5. The SMILES string of the molecule is NCCCc1cc(Cl)cc2cnccc12. The molecule has 0 amide bonds. The molecule has 0 aliphatic rings. The molecule has 0 aliphatic heterocycles. The molecule has 2 nitrogen and oxygen atoms in total. The zero-order valence-corrected chi connectivity index (χ0v) is 9.17. The minimum Gasteiger partial charge on any atom is -0.330 e. The van der Waals surface area contributed by atoms with E-state index in [0.29, 0.717) is 6.54 Å². The van der Waals surface area contributed by atoms with E-state index in [4.69, 9.17) is 17.3 Å². The first-order valence-electron chi connectivity index (χ1n) is 5.03. The Hall–Kier alpha value is -1.12. The normalized spacial score (nSPS) is 10.8. The van der Waals surface area contributed by atoms with Crippen LogP contribution in [0.15, 0.2) is 30.6 Å². The lowest BCUT2D eigenvalue weighted by molar-refractivity contribution is 0.837. The highest BCUT2D eigenvalue weighted by molar-refractivity contribution is 6.31. The predicted molar refractivity (Wildman–Crippen MR) is 64.1 cm³/mol. The summed E-state index contributed by atoms with van der Waals surface area (Å²) in [6, 6.07) is 5.98. The van der Waals surface area contributed by atoms with Crippen molar-refractivity contribution in [2.75, 3.05) is 6.54 Å². The van der Waals surface area contributed by atoms with Gasteiger partial charge in [-0.1, -0.05) is 11.6 Å². The second-order valence-electron chi connectivity index (χ2n) is 3.55. The van der Waals surface area contributed by atoms with Crippen molar-refractivity contribution in [3.63, 3.8) is 0 Å². The van der Waals surface area contributed by atoms with E-state index in [1.54, 1.807) is 0 Å². The van der Waals surface area contributed by atoms with Gasteiger partial charge in [-0.25, -0.2) is 0 Å². The lowest BCUT2D eigenvalue weighted by atomic mass is 10.0. The molecular weight excluding hydrogens is 208 g/mol. The van der Waals surface area contributed by atoms with Gasteiger partial charge in [0, 0.05) is 22.8 Å². The Balaban J connectivity index is 2.50. The molecule has 2 N–H and O–H groups in total. The second kappa shape index (κ2) is 4.60. The van der Waals surface area contributed by atoms with Gasteiger partial charge >= 0.3 is 0 Å². The van der Waals surface area contributed by atoms with Crippen molar-refractivity contribution in [1.82, 2.24) is 4.98 Å². The predicted octanol–water partition coefficient (Wildman–Crippen LogP) is 2.78. The first-order valence-corrected chi connectivity index (χ1v) is 5.41. The van der Waals surface area contributed by atoms with E-state index in [1.807, 2.05) is 30.6 Å². The van der Waals surface area contributed by atoms with E-state index < -0.39 is 0 Å². The fourth-order valence-electron chi connectivity index (χ4n) is 1.75. The third-order valence-electron chi connectivity index (χ3n) is 2.45.